The van der Waals surface area contributed by atoms with Crippen molar-refractivity contribution in [1.82, 2.24) is 19.5 Å². The van der Waals surface area contributed by atoms with Crippen LogP contribution in [0.2, 0.25) is 0 Å². The quantitative estimate of drug-likeness (QED) is 0.313. The number of hydrogen-bond donors (Lipinski definition) is 2. The first-order valence-corrected chi connectivity index (χ1v) is 11.6. The Hall–Kier alpha value is -2.06. The molecule has 2 N–H and O–H groups in total. The van der Waals surface area contributed by atoms with Crippen molar-refractivity contribution >= 4 is 38.4 Å². The van der Waals surface area contributed by atoms with Gasteiger partial charge in [0, 0.05) is 31.6 Å². The molecule has 0 radical (unpaired) electrons. The number of nitrogens with one attached hydrogen (secondary N) is 1. The van der Waals surface area contributed by atoms with Crippen molar-refractivity contribution in [3.63, 3.8) is 0 Å². The number of anilines is 2. The summed E-state index contributed by atoms with van der Waals surface area (Å²) in [5.74, 6) is 0.695. The second kappa shape index (κ2) is 11.6. The van der Waals surface area contributed by atoms with Gasteiger partial charge in [-0.3, -0.25) is 0 Å². The number of sulfonamides is 1. The molecule has 0 saturated carbocycles. The van der Waals surface area contributed by atoms with Crippen LogP contribution in [-0.4, -0.2) is 46.8 Å². The Morgan fingerprint density at radius 2 is 1.88 bits per heavy atom. The number of imidazole rings is 1. The van der Waals surface area contributed by atoms with E-state index in [4.69, 9.17) is 4.74 Å². The number of benzene rings is 2. The molecule has 0 fully saturated rings. The molecule has 2 aromatic carbocycles. The van der Waals surface area contributed by atoms with Gasteiger partial charge in [0.2, 0.25) is 10.0 Å². The van der Waals surface area contributed by atoms with Gasteiger partial charge in [-0.2, -0.15) is 0 Å². The SMILES string of the molecule is COc1ccc(CCCO)c(Nc2nc3ccccc3nc2[N-]S(=O)(=O)c2cn(C)cn2)c1.[K+]. The molecule has 4 rings (SSSR count). The third-order valence-corrected chi connectivity index (χ3v) is 6.03. The van der Waals surface area contributed by atoms with Crippen molar-refractivity contribution in [3.8, 4) is 5.75 Å². The van der Waals surface area contributed by atoms with E-state index in [-0.39, 0.29) is 74.7 Å². The summed E-state index contributed by atoms with van der Waals surface area (Å²) >= 11 is 0. The number of aliphatic hydroxyl groups excluding tert-OH is 1. The van der Waals surface area contributed by atoms with Gasteiger partial charge in [0.25, 0.3) is 0 Å². The third-order valence-electron chi connectivity index (χ3n) is 4.88. The van der Waals surface area contributed by atoms with Gasteiger partial charge in [0.1, 0.15) is 11.6 Å². The largest absolute Gasteiger partial charge is 1.00 e. The number of methoxy groups -OCH3 is 1. The number of hydrogen-bond acceptors (Lipinski definition) is 8. The number of fused-ring (bicyclic) bond motifs is 1. The monoisotopic (exact) mass is 506 g/mol. The van der Waals surface area contributed by atoms with Gasteiger partial charge in [-0.1, -0.05) is 24.3 Å². The van der Waals surface area contributed by atoms with E-state index in [0.717, 1.165) is 5.56 Å². The van der Waals surface area contributed by atoms with Crippen LogP contribution in [0.25, 0.3) is 15.8 Å². The maximum atomic E-state index is 12.9. The molecule has 0 atom stereocenters. The molecule has 0 spiro atoms. The van der Waals surface area contributed by atoms with E-state index in [2.05, 4.69) is 25.0 Å². The van der Waals surface area contributed by atoms with Gasteiger partial charge >= 0.3 is 51.4 Å². The van der Waals surface area contributed by atoms with Crippen molar-refractivity contribution in [3.05, 3.63) is 65.3 Å². The Morgan fingerprint density at radius 3 is 2.53 bits per heavy atom. The molecule has 0 saturated heterocycles. The molecule has 0 aliphatic rings. The smallest absolute Gasteiger partial charge is 0.497 e. The van der Waals surface area contributed by atoms with Crippen molar-refractivity contribution in [2.24, 2.45) is 7.05 Å². The van der Waals surface area contributed by atoms with Crippen LogP contribution < -0.4 is 61.4 Å². The molecule has 10 nitrogen and oxygen atoms in total. The third kappa shape index (κ3) is 6.13. The number of nitrogens with zero attached hydrogens (tertiary/aromatic N) is 5. The molecule has 0 aliphatic heterocycles. The number of aromatic nitrogens is 4. The fraction of sp³-hybridized carbons (Fsp3) is 0.227. The zero-order chi connectivity index (χ0) is 23.4. The molecule has 172 valence electrons. The summed E-state index contributed by atoms with van der Waals surface area (Å²) in [6.07, 6.45) is 3.92. The van der Waals surface area contributed by atoms with E-state index in [1.165, 1.54) is 17.1 Å². The van der Waals surface area contributed by atoms with Crippen molar-refractivity contribution < 1.29 is 69.6 Å². The van der Waals surface area contributed by atoms with Gasteiger partial charge in [-0.05, 0) is 41.9 Å². The van der Waals surface area contributed by atoms with E-state index in [0.29, 0.717) is 35.3 Å². The zero-order valence-electron chi connectivity index (χ0n) is 19.1. The molecular formula is C22H23KN6O4S. The summed E-state index contributed by atoms with van der Waals surface area (Å²) in [4.78, 5) is 12.9. The predicted molar refractivity (Wildman–Crippen MR) is 125 cm³/mol. The van der Waals surface area contributed by atoms with Crippen LogP contribution in [0.5, 0.6) is 5.75 Å². The van der Waals surface area contributed by atoms with Crippen LogP contribution in [0.3, 0.4) is 0 Å². The van der Waals surface area contributed by atoms with E-state index in [1.807, 2.05) is 18.2 Å². The fourth-order valence-electron chi connectivity index (χ4n) is 3.23. The summed E-state index contributed by atoms with van der Waals surface area (Å²) in [5.41, 5.74) is 2.63. The Balaban J connectivity index is 0.00000324. The van der Waals surface area contributed by atoms with Gasteiger partial charge < -0.3 is 29.4 Å². The number of ether oxygens (including phenoxy) is 1. The Labute approximate surface area is 240 Å². The zero-order valence-corrected chi connectivity index (χ0v) is 23.1. The van der Waals surface area contributed by atoms with E-state index >= 15 is 0 Å². The van der Waals surface area contributed by atoms with Gasteiger partial charge in [-0.25, -0.2) is 18.4 Å². The Kier molecular flexibility index (Phi) is 9.04. The van der Waals surface area contributed by atoms with E-state index < -0.39 is 10.0 Å². The molecule has 0 bridgehead atoms. The molecule has 0 unspecified atom stereocenters. The van der Waals surface area contributed by atoms with Crippen LogP contribution >= 0.6 is 0 Å². The van der Waals surface area contributed by atoms with E-state index in [9.17, 15) is 13.5 Å². The first-order valence-electron chi connectivity index (χ1n) is 10.2. The number of aliphatic hydroxyl groups is 1. The van der Waals surface area contributed by atoms with Crippen LogP contribution in [0.1, 0.15) is 12.0 Å². The summed E-state index contributed by atoms with van der Waals surface area (Å²) < 4.78 is 36.6. The average Bonchev–Trinajstić information content (AvgIpc) is 3.25. The molecule has 4 aromatic rings. The number of aryl methyl sites for hydroxylation is 2. The second-order valence-corrected chi connectivity index (χ2v) is 8.85. The first kappa shape index (κ1) is 26.5. The second-order valence-electron chi connectivity index (χ2n) is 7.30. The Bertz CT molecular complexity index is 1390. The maximum Gasteiger partial charge on any atom is 1.00 e. The molecule has 2 aromatic heterocycles. The summed E-state index contributed by atoms with van der Waals surface area (Å²) in [7, 11) is -0.890. The molecule has 0 aliphatic carbocycles. The minimum Gasteiger partial charge on any atom is -0.497 e. The van der Waals surface area contributed by atoms with Gasteiger partial charge in [0.05, 0.1) is 19.0 Å². The van der Waals surface area contributed by atoms with Crippen LogP contribution in [0.15, 0.2) is 60.0 Å². The normalized spacial score (nSPS) is 11.1. The van der Waals surface area contributed by atoms with Crippen LogP contribution in [0.4, 0.5) is 17.3 Å². The first-order chi connectivity index (χ1) is 15.9. The minimum atomic E-state index is -4.12. The standard InChI is InChI=1S/C22H23N6O4S.K/c1-28-13-20(23-14-28)33(30,31)27-22-21(24-17-7-3-4-8-18(17)25-22)26-19-12-16(32-2)10-9-15(19)6-5-11-29;/h3-4,7-10,12-14,29H,5-6,11H2,1-2H3,(H-,24,25,26,27);/q-1;+1. The van der Waals surface area contributed by atoms with E-state index in [1.54, 1.807) is 38.4 Å². The van der Waals surface area contributed by atoms with Crippen LogP contribution in [0, 0.1) is 0 Å². The molecule has 2 heterocycles. The summed E-state index contributed by atoms with van der Waals surface area (Å²) in [6, 6.07) is 12.6. The topological polar surface area (TPSA) is 133 Å². The van der Waals surface area contributed by atoms with Crippen molar-refractivity contribution in [2.75, 3.05) is 19.0 Å². The van der Waals surface area contributed by atoms with Gasteiger partial charge in [0.15, 0.2) is 5.03 Å². The summed E-state index contributed by atoms with van der Waals surface area (Å²) in [5, 5.41) is 12.2. The molecule has 12 heteroatoms. The molecule has 0 amide bonds. The van der Waals surface area contributed by atoms with Crippen LogP contribution in [-0.2, 0) is 23.5 Å². The summed E-state index contributed by atoms with van der Waals surface area (Å²) in [6.45, 7) is 0.0458. The molecule has 34 heavy (non-hydrogen) atoms. The van der Waals surface area contributed by atoms with Crippen molar-refractivity contribution in [1.29, 1.82) is 0 Å². The fourth-order valence-corrected chi connectivity index (χ4v) is 4.16. The van der Waals surface area contributed by atoms with Gasteiger partial charge in [-0.15, -0.1) is 0 Å². The average molecular weight is 507 g/mol. The number of rotatable bonds is 9. The Morgan fingerprint density at radius 1 is 1.15 bits per heavy atom. The number of para-hydroxylation sites is 2. The minimum absolute atomic E-state index is 0. The van der Waals surface area contributed by atoms with Crippen molar-refractivity contribution in [2.45, 2.75) is 17.9 Å². The predicted octanol–water partition coefficient (Wildman–Crippen LogP) is 0.438. The maximum absolute atomic E-state index is 12.9. The molecular weight excluding hydrogens is 483 g/mol.